The summed E-state index contributed by atoms with van der Waals surface area (Å²) in [6, 6.07) is 4.26. The van der Waals surface area contributed by atoms with Crippen molar-refractivity contribution >= 4 is 17.7 Å². The molecular formula is C20H26O8. The molecule has 0 radical (unpaired) electrons. The van der Waals surface area contributed by atoms with Crippen LogP contribution in [0.25, 0.3) is 0 Å². The highest BCUT2D eigenvalue weighted by Gasteiger charge is 2.57. The van der Waals surface area contributed by atoms with Gasteiger partial charge in [-0.15, -0.1) is 0 Å². The van der Waals surface area contributed by atoms with Gasteiger partial charge >= 0.3 is 11.9 Å². The Morgan fingerprint density at radius 2 is 1.79 bits per heavy atom. The molecule has 1 saturated carbocycles. The van der Waals surface area contributed by atoms with Crippen molar-refractivity contribution in [3.8, 4) is 11.5 Å². The fourth-order valence-electron chi connectivity index (χ4n) is 3.78. The molecule has 0 bridgehead atoms. The lowest BCUT2D eigenvalue weighted by Gasteiger charge is -2.43. The predicted octanol–water partition coefficient (Wildman–Crippen LogP) is 1.57. The summed E-state index contributed by atoms with van der Waals surface area (Å²) in [4.78, 5) is 38.1. The maximum atomic E-state index is 12.8. The zero-order chi connectivity index (χ0) is 21.1. The second kappa shape index (κ2) is 8.60. The molecule has 0 aliphatic heterocycles. The van der Waals surface area contributed by atoms with E-state index >= 15 is 0 Å². The summed E-state index contributed by atoms with van der Waals surface area (Å²) in [6.45, 7) is 4.76. The number of carbonyl (C=O) groups is 3. The number of carbonyl (C=O) groups excluding carboxylic acids is 3. The molecule has 0 saturated heterocycles. The molecule has 8 nitrogen and oxygen atoms in total. The molecule has 0 spiro atoms. The minimum atomic E-state index is -1.72. The van der Waals surface area contributed by atoms with Gasteiger partial charge in [0, 0.05) is 12.3 Å². The van der Waals surface area contributed by atoms with E-state index in [-0.39, 0.29) is 31.1 Å². The van der Waals surface area contributed by atoms with Crippen molar-refractivity contribution in [2.45, 2.75) is 38.7 Å². The number of esters is 2. The Morgan fingerprint density at radius 3 is 2.36 bits per heavy atom. The summed E-state index contributed by atoms with van der Waals surface area (Å²) >= 11 is 0. The molecular weight excluding hydrogens is 368 g/mol. The number of hydrogen-bond acceptors (Lipinski definition) is 8. The molecule has 8 heteroatoms. The van der Waals surface area contributed by atoms with Gasteiger partial charge in [0.15, 0.2) is 17.3 Å². The highest BCUT2D eigenvalue weighted by molar-refractivity contribution is 6.02. The first-order valence-electron chi connectivity index (χ1n) is 9.13. The number of methoxy groups -OCH3 is 1. The zero-order valence-electron chi connectivity index (χ0n) is 16.4. The Labute approximate surface area is 163 Å². The third kappa shape index (κ3) is 4.11. The smallest absolute Gasteiger partial charge is 0.317 e. The van der Waals surface area contributed by atoms with Gasteiger partial charge in [0.05, 0.1) is 31.8 Å². The average molecular weight is 394 g/mol. The van der Waals surface area contributed by atoms with Gasteiger partial charge in [-0.1, -0.05) is 6.07 Å². The average Bonchev–Trinajstić information content (AvgIpc) is 2.61. The van der Waals surface area contributed by atoms with Crippen LogP contribution in [0.2, 0.25) is 0 Å². The van der Waals surface area contributed by atoms with E-state index in [0.29, 0.717) is 5.56 Å². The summed E-state index contributed by atoms with van der Waals surface area (Å²) in [6.07, 6.45) is -0.383. The number of aromatic hydroxyl groups is 1. The normalized spacial score (nSPS) is 27.2. The first-order chi connectivity index (χ1) is 13.2. The number of rotatable bonds is 6. The second-order valence-corrected chi connectivity index (χ2v) is 6.92. The van der Waals surface area contributed by atoms with Crippen LogP contribution in [0.1, 0.15) is 38.7 Å². The molecule has 0 unspecified atom stereocenters. The number of ketones is 1. The number of ether oxygens (including phenoxy) is 3. The third-order valence-electron chi connectivity index (χ3n) is 4.94. The van der Waals surface area contributed by atoms with Crippen molar-refractivity contribution in [1.29, 1.82) is 0 Å². The molecule has 4 atom stereocenters. The lowest BCUT2D eigenvalue weighted by atomic mass is 9.61. The molecule has 2 rings (SSSR count). The highest BCUT2D eigenvalue weighted by Crippen LogP contribution is 2.47. The van der Waals surface area contributed by atoms with Crippen LogP contribution in [0, 0.1) is 11.8 Å². The van der Waals surface area contributed by atoms with E-state index in [1.807, 2.05) is 0 Å². The van der Waals surface area contributed by atoms with Crippen LogP contribution in [0.5, 0.6) is 11.5 Å². The summed E-state index contributed by atoms with van der Waals surface area (Å²) in [5.41, 5.74) is -1.35. The van der Waals surface area contributed by atoms with Crippen molar-refractivity contribution in [3.05, 3.63) is 23.8 Å². The Balaban J connectivity index is 2.66. The van der Waals surface area contributed by atoms with Crippen LogP contribution in [0.4, 0.5) is 0 Å². The van der Waals surface area contributed by atoms with E-state index in [1.165, 1.54) is 32.2 Å². The summed E-state index contributed by atoms with van der Waals surface area (Å²) in [7, 11) is 1.35. The van der Waals surface area contributed by atoms with E-state index in [1.54, 1.807) is 13.8 Å². The van der Waals surface area contributed by atoms with Gasteiger partial charge in [0.25, 0.3) is 0 Å². The fourth-order valence-corrected chi connectivity index (χ4v) is 3.78. The number of hydrogen-bond donors (Lipinski definition) is 2. The van der Waals surface area contributed by atoms with E-state index < -0.39 is 41.1 Å². The van der Waals surface area contributed by atoms with Gasteiger partial charge < -0.3 is 24.4 Å². The molecule has 1 aliphatic rings. The van der Waals surface area contributed by atoms with Crippen molar-refractivity contribution in [1.82, 2.24) is 0 Å². The van der Waals surface area contributed by atoms with Gasteiger partial charge in [-0.05, 0) is 38.5 Å². The van der Waals surface area contributed by atoms with Crippen LogP contribution in [-0.2, 0) is 23.9 Å². The van der Waals surface area contributed by atoms with Crippen molar-refractivity contribution in [2.24, 2.45) is 11.8 Å². The number of benzene rings is 1. The minimum absolute atomic E-state index is 0.0642. The van der Waals surface area contributed by atoms with E-state index in [0.717, 1.165) is 0 Å². The topological polar surface area (TPSA) is 119 Å². The van der Waals surface area contributed by atoms with Gasteiger partial charge in [0.2, 0.25) is 0 Å². The Bertz CT molecular complexity index is 755. The summed E-state index contributed by atoms with van der Waals surface area (Å²) in [5, 5.41) is 20.8. The SMILES string of the molecule is CCOC(=O)[C@H]1C(=O)C[C@@](C)(O)[C@@H](C(=O)OCC)[C@@H]1c1ccc(O)c(OC)c1. The quantitative estimate of drug-likeness (QED) is 0.551. The van der Waals surface area contributed by atoms with Crippen LogP contribution in [0.3, 0.4) is 0 Å². The fraction of sp³-hybridized carbons (Fsp3) is 0.550. The molecule has 1 aliphatic carbocycles. The molecule has 154 valence electrons. The maximum Gasteiger partial charge on any atom is 0.317 e. The van der Waals surface area contributed by atoms with Gasteiger partial charge in [-0.3, -0.25) is 14.4 Å². The van der Waals surface area contributed by atoms with Crippen molar-refractivity contribution in [3.63, 3.8) is 0 Å². The van der Waals surface area contributed by atoms with Crippen LogP contribution >= 0.6 is 0 Å². The van der Waals surface area contributed by atoms with Crippen LogP contribution in [-0.4, -0.2) is 53.9 Å². The van der Waals surface area contributed by atoms with Crippen molar-refractivity contribution < 1.29 is 38.8 Å². The minimum Gasteiger partial charge on any atom is -0.504 e. The van der Waals surface area contributed by atoms with Crippen LogP contribution in [0.15, 0.2) is 18.2 Å². The Kier molecular flexibility index (Phi) is 6.66. The monoisotopic (exact) mass is 394 g/mol. The zero-order valence-corrected chi connectivity index (χ0v) is 16.4. The second-order valence-electron chi connectivity index (χ2n) is 6.92. The first-order valence-corrected chi connectivity index (χ1v) is 9.13. The molecule has 1 fully saturated rings. The molecule has 1 aromatic rings. The summed E-state index contributed by atoms with van der Waals surface area (Å²) in [5.74, 6) is -5.55. The predicted molar refractivity (Wildman–Crippen MR) is 97.9 cm³/mol. The molecule has 28 heavy (non-hydrogen) atoms. The number of aliphatic hydroxyl groups is 1. The van der Waals surface area contributed by atoms with E-state index in [9.17, 15) is 24.6 Å². The molecule has 0 heterocycles. The Hall–Kier alpha value is -2.61. The largest absolute Gasteiger partial charge is 0.504 e. The molecule has 0 amide bonds. The van der Waals surface area contributed by atoms with Crippen LogP contribution < -0.4 is 4.74 Å². The first kappa shape index (κ1) is 21.7. The lowest BCUT2D eigenvalue weighted by Crippen LogP contribution is -2.55. The van der Waals surface area contributed by atoms with Gasteiger partial charge in [-0.2, -0.15) is 0 Å². The molecule has 0 aromatic heterocycles. The van der Waals surface area contributed by atoms with E-state index in [4.69, 9.17) is 14.2 Å². The molecule has 2 N–H and O–H groups in total. The third-order valence-corrected chi connectivity index (χ3v) is 4.94. The number of Topliss-reactive ketones (excluding diaryl/α,β-unsaturated/α-hetero) is 1. The summed E-state index contributed by atoms with van der Waals surface area (Å²) < 4.78 is 15.3. The molecule has 1 aromatic carbocycles. The van der Waals surface area contributed by atoms with Gasteiger partial charge in [-0.25, -0.2) is 0 Å². The maximum absolute atomic E-state index is 12.8. The number of phenols is 1. The number of phenolic OH excluding ortho intramolecular Hbond substituents is 1. The Morgan fingerprint density at radius 1 is 1.18 bits per heavy atom. The van der Waals surface area contributed by atoms with Gasteiger partial charge in [0.1, 0.15) is 5.92 Å². The van der Waals surface area contributed by atoms with Crippen molar-refractivity contribution in [2.75, 3.05) is 20.3 Å². The highest BCUT2D eigenvalue weighted by atomic mass is 16.5. The standard InChI is InChI=1S/C20H26O8/c1-5-27-18(23)16-13(22)10-20(3,25)17(19(24)28-6-2)15(16)11-7-8-12(21)14(9-11)26-4/h7-9,15-17,21,25H,5-6,10H2,1-4H3/t15-,16+,17-,20-/m1/s1. The van der Waals surface area contributed by atoms with E-state index in [2.05, 4.69) is 0 Å². The lowest BCUT2D eigenvalue weighted by molar-refractivity contribution is -0.172.